The highest BCUT2D eigenvalue weighted by molar-refractivity contribution is 5.94. The van der Waals surface area contributed by atoms with Gasteiger partial charge in [-0.05, 0) is 30.5 Å². The number of hydrogen-bond donors (Lipinski definition) is 2. The van der Waals surface area contributed by atoms with Crippen LogP contribution in [0.2, 0.25) is 0 Å². The third kappa shape index (κ3) is 4.07. The SMILES string of the molecule is CC(=O)NCc1ccc(C(=O)N2CCCC(C(N)=O)C2)cc1. The molecule has 2 rings (SSSR count). The van der Waals surface area contributed by atoms with Gasteiger partial charge in [0, 0.05) is 32.1 Å². The van der Waals surface area contributed by atoms with E-state index in [-0.39, 0.29) is 23.6 Å². The number of rotatable bonds is 4. The quantitative estimate of drug-likeness (QED) is 0.856. The van der Waals surface area contributed by atoms with Gasteiger partial charge in [-0.3, -0.25) is 14.4 Å². The van der Waals surface area contributed by atoms with Crippen LogP contribution in [0.5, 0.6) is 0 Å². The summed E-state index contributed by atoms with van der Waals surface area (Å²) in [5, 5.41) is 2.71. The second kappa shape index (κ2) is 7.06. The molecule has 0 bridgehead atoms. The van der Waals surface area contributed by atoms with Crippen molar-refractivity contribution in [3.63, 3.8) is 0 Å². The van der Waals surface area contributed by atoms with Crippen molar-refractivity contribution in [3.8, 4) is 0 Å². The van der Waals surface area contributed by atoms with Crippen molar-refractivity contribution in [2.24, 2.45) is 11.7 Å². The molecule has 0 spiro atoms. The molecule has 1 fully saturated rings. The molecule has 1 aliphatic heterocycles. The van der Waals surface area contributed by atoms with E-state index < -0.39 is 0 Å². The molecular formula is C16H21N3O3. The molecule has 6 heteroatoms. The molecule has 6 nitrogen and oxygen atoms in total. The first-order chi connectivity index (χ1) is 10.5. The van der Waals surface area contributed by atoms with Gasteiger partial charge in [-0.2, -0.15) is 0 Å². The number of piperidine rings is 1. The Labute approximate surface area is 129 Å². The summed E-state index contributed by atoms with van der Waals surface area (Å²) < 4.78 is 0. The van der Waals surface area contributed by atoms with Gasteiger partial charge in [-0.25, -0.2) is 0 Å². The number of amides is 3. The summed E-state index contributed by atoms with van der Waals surface area (Å²) in [6.45, 7) is 2.94. The predicted molar refractivity (Wildman–Crippen MR) is 81.8 cm³/mol. The largest absolute Gasteiger partial charge is 0.369 e. The van der Waals surface area contributed by atoms with Crippen LogP contribution in [0, 0.1) is 5.92 Å². The van der Waals surface area contributed by atoms with Gasteiger partial charge in [-0.15, -0.1) is 0 Å². The van der Waals surface area contributed by atoms with E-state index in [1.54, 1.807) is 17.0 Å². The third-order valence-corrected chi connectivity index (χ3v) is 3.85. The third-order valence-electron chi connectivity index (χ3n) is 3.85. The van der Waals surface area contributed by atoms with Gasteiger partial charge in [0.05, 0.1) is 5.92 Å². The molecule has 1 aromatic rings. The average molecular weight is 303 g/mol. The van der Waals surface area contributed by atoms with E-state index in [4.69, 9.17) is 5.73 Å². The molecule has 3 N–H and O–H groups in total. The zero-order valence-corrected chi connectivity index (χ0v) is 12.7. The number of carbonyl (C=O) groups excluding carboxylic acids is 3. The minimum absolute atomic E-state index is 0.0861. The van der Waals surface area contributed by atoms with Crippen molar-refractivity contribution >= 4 is 17.7 Å². The summed E-state index contributed by atoms with van der Waals surface area (Å²) in [6, 6.07) is 7.12. The summed E-state index contributed by atoms with van der Waals surface area (Å²) in [5.41, 5.74) is 6.85. The molecule has 1 saturated heterocycles. The van der Waals surface area contributed by atoms with Crippen LogP contribution < -0.4 is 11.1 Å². The Balaban J connectivity index is 2.00. The molecule has 1 aromatic carbocycles. The van der Waals surface area contributed by atoms with Crippen LogP contribution in [0.3, 0.4) is 0 Å². The highest BCUT2D eigenvalue weighted by atomic mass is 16.2. The number of hydrogen-bond acceptors (Lipinski definition) is 3. The highest BCUT2D eigenvalue weighted by Gasteiger charge is 2.27. The van der Waals surface area contributed by atoms with Crippen LogP contribution >= 0.6 is 0 Å². The fraction of sp³-hybridized carbons (Fsp3) is 0.438. The molecule has 1 unspecified atom stereocenters. The first-order valence-electron chi connectivity index (χ1n) is 7.39. The van der Waals surface area contributed by atoms with Crippen LogP contribution in [0.4, 0.5) is 0 Å². The van der Waals surface area contributed by atoms with E-state index in [9.17, 15) is 14.4 Å². The van der Waals surface area contributed by atoms with Crippen molar-refractivity contribution in [2.45, 2.75) is 26.3 Å². The van der Waals surface area contributed by atoms with Crippen LogP contribution in [0.1, 0.15) is 35.7 Å². The molecule has 0 aromatic heterocycles. The van der Waals surface area contributed by atoms with Crippen molar-refractivity contribution in [1.82, 2.24) is 10.2 Å². The molecule has 22 heavy (non-hydrogen) atoms. The fourth-order valence-electron chi connectivity index (χ4n) is 2.57. The highest BCUT2D eigenvalue weighted by Crippen LogP contribution is 2.18. The summed E-state index contributed by atoms with van der Waals surface area (Å²) in [4.78, 5) is 36.3. The number of benzene rings is 1. The molecule has 1 atom stereocenters. The topological polar surface area (TPSA) is 92.5 Å². The standard InChI is InChI=1S/C16H21N3O3/c1-11(20)18-9-12-4-6-13(7-5-12)16(22)19-8-2-3-14(10-19)15(17)21/h4-7,14H,2-3,8-10H2,1H3,(H2,17,21)(H,18,20). The normalized spacial score (nSPS) is 17.9. The van der Waals surface area contributed by atoms with Crippen molar-refractivity contribution in [2.75, 3.05) is 13.1 Å². The molecule has 1 heterocycles. The Kier molecular flexibility index (Phi) is 5.14. The van der Waals surface area contributed by atoms with E-state index in [0.29, 0.717) is 25.2 Å². The van der Waals surface area contributed by atoms with Gasteiger partial charge in [0.1, 0.15) is 0 Å². The molecule has 1 aliphatic rings. The number of nitrogens with two attached hydrogens (primary N) is 1. The predicted octanol–water partition coefficient (Wildman–Crippen LogP) is 0.660. The molecule has 0 saturated carbocycles. The Hall–Kier alpha value is -2.37. The number of likely N-dealkylation sites (tertiary alicyclic amines) is 1. The van der Waals surface area contributed by atoms with E-state index in [0.717, 1.165) is 18.4 Å². The van der Waals surface area contributed by atoms with Gasteiger partial charge in [0.15, 0.2) is 0 Å². The van der Waals surface area contributed by atoms with Crippen molar-refractivity contribution in [1.29, 1.82) is 0 Å². The van der Waals surface area contributed by atoms with E-state index >= 15 is 0 Å². The van der Waals surface area contributed by atoms with E-state index in [1.807, 2.05) is 12.1 Å². The maximum absolute atomic E-state index is 12.4. The first kappa shape index (κ1) is 16.0. The number of primary amides is 1. The molecule has 0 aliphatic carbocycles. The molecule has 3 amide bonds. The number of nitrogens with zero attached hydrogens (tertiary/aromatic N) is 1. The first-order valence-corrected chi connectivity index (χ1v) is 7.39. The maximum atomic E-state index is 12.4. The summed E-state index contributed by atoms with van der Waals surface area (Å²) in [7, 11) is 0. The van der Waals surface area contributed by atoms with Crippen molar-refractivity contribution < 1.29 is 14.4 Å². The Morgan fingerprint density at radius 2 is 1.95 bits per heavy atom. The average Bonchev–Trinajstić information content (AvgIpc) is 2.53. The maximum Gasteiger partial charge on any atom is 0.253 e. The monoisotopic (exact) mass is 303 g/mol. The molecule has 118 valence electrons. The minimum Gasteiger partial charge on any atom is -0.369 e. The Bertz CT molecular complexity index is 569. The van der Waals surface area contributed by atoms with Gasteiger partial charge < -0.3 is 16.0 Å². The second-order valence-electron chi connectivity index (χ2n) is 5.60. The number of carbonyl (C=O) groups is 3. The minimum atomic E-state index is -0.344. The molecule has 0 radical (unpaired) electrons. The lowest BCUT2D eigenvalue weighted by atomic mass is 9.97. The van der Waals surface area contributed by atoms with Gasteiger partial charge in [0.2, 0.25) is 11.8 Å². The number of nitrogens with one attached hydrogen (secondary N) is 1. The summed E-state index contributed by atoms with van der Waals surface area (Å²) in [5.74, 6) is -0.775. The smallest absolute Gasteiger partial charge is 0.253 e. The van der Waals surface area contributed by atoms with Crippen LogP contribution in [-0.2, 0) is 16.1 Å². The lowest BCUT2D eigenvalue weighted by Crippen LogP contribution is -2.44. The van der Waals surface area contributed by atoms with E-state index in [1.165, 1.54) is 6.92 Å². The summed E-state index contributed by atoms with van der Waals surface area (Å²) >= 11 is 0. The summed E-state index contributed by atoms with van der Waals surface area (Å²) in [6.07, 6.45) is 1.54. The van der Waals surface area contributed by atoms with Crippen LogP contribution in [0.25, 0.3) is 0 Å². The zero-order valence-electron chi connectivity index (χ0n) is 12.7. The molecular weight excluding hydrogens is 282 g/mol. The Morgan fingerprint density at radius 1 is 1.27 bits per heavy atom. The Morgan fingerprint density at radius 3 is 2.55 bits per heavy atom. The van der Waals surface area contributed by atoms with Crippen LogP contribution in [-0.4, -0.2) is 35.7 Å². The fourth-order valence-corrected chi connectivity index (χ4v) is 2.57. The zero-order chi connectivity index (χ0) is 16.1. The van der Waals surface area contributed by atoms with Gasteiger partial charge in [0.25, 0.3) is 5.91 Å². The van der Waals surface area contributed by atoms with E-state index in [2.05, 4.69) is 5.32 Å². The lowest BCUT2D eigenvalue weighted by molar-refractivity contribution is -0.123. The van der Waals surface area contributed by atoms with Gasteiger partial charge >= 0.3 is 0 Å². The van der Waals surface area contributed by atoms with Crippen LogP contribution in [0.15, 0.2) is 24.3 Å². The van der Waals surface area contributed by atoms with Gasteiger partial charge in [-0.1, -0.05) is 12.1 Å². The lowest BCUT2D eigenvalue weighted by Gasteiger charge is -2.31. The van der Waals surface area contributed by atoms with Crippen molar-refractivity contribution in [3.05, 3.63) is 35.4 Å². The second-order valence-corrected chi connectivity index (χ2v) is 5.60.